The van der Waals surface area contributed by atoms with Crippen molar-refractivity contribution < 1.29 is 18.3 Å². The van der Waals surface area contributed by atoms with Crippen molar-refractivity contribution >= 4 is 16.2 Å². The second-order valence-electron chi connectivity index (χ2n) is 4.44. The van der Waals surface area contributed by atoms with Gasteiger partial charge in [0, 0.05) is 19.0 Å². The lowest BCUT2D eigenvalue weighted by atomic mass is 10.0. The molecule has 0 heterocycles. The van der Waals surface area contributed by atoms with E-state index in [2.05, 4.69) is 9.44 Å². The Morgan fingerprint density at radius 1 is 1.30 bits per heavy atom. The van der Waals surface area contributed by atoms with E-state index in [1.54, 1.807) is 6.92 Å². The summed E-state index contributed by atoms with van der Waals surface area (Å²) in [6.07, 6.45) is 0.625. The summed E-state index contributed by atoms with van der Waals surface area (Å²) in [5.41, 5.74) is 0.960. The van der Waals surface area contributed by atoms with E-state index in [1.807, 2.05) is 30.3 Å². The van der Waals surface area contributed by atoms with E-state index >= 15 is 0 Å². The topological polar surface area (TPSA) is 95.5 Å². The van der Waals surface area contributed by atoms with Crippen LogP contribution < -0.4 is 9.44 Å². The van der Waals surface area contributed by atoms with Gasteiger partial charge >= 0.3 is 5.97 Å². The van der Waals surface area contributed by atoms with Crippen LogP contribution in [0, 0.1) is 0 Å². The van der Waals surface area contributed by atoms with Gasteiger partial charge in [0.15, 0.2) is 0 Å². The van der Waals surface area contributed by atoms with E-state index in [0.717, 1.165) is 5.56 Å². The van der Waals surface area contributed by atoms with Crippen LogP contribution in [0.25, 0.3) is 0 Å². The number of carbonyl (C=O) groups is 1. The van der Waals surface area contributed by atoms with Crippen LogP contribution in [0.15, 0.2) is 30.3 Å². The molecule has 20 heavy (non-hydrogen) atoms. The molecule has 3 N–H and O–H groups in total. The SMILES string of the molecule is CCNS(=O)(=O)NC(CCC(=O)O)Cc1ccccc1. The highest BCUT2D eigenvalue weighted by atomic mass is 32.2. The molecule has 1 aromatic rings. The second kappa shape index (κ2) is 7.98. The number of benzene rings is 1. The molecule has 0 aliphatic carbocycles. The van der Waals surface area contributed by atoms with E-state index in [-0.39, 0.29) is 19.4 Å². The number of rotatable bonds is 9. The first-order valence-electron chi connectivity index (χ1n) is 6.45. The smallest absolute Gasteiger partial charge is 0.303 e. The third-order valence-electron chi connectivity index (χ3n) is 2.69. The zero-order valence-corrected chi connectivity index (χ0v) is 12.2. The number of carboxylic acid groups (broad SMARTS) is 1. The average molecular weight is 300 g/mol. The summed E-state index contributed by atoms with van der Waals surface area (Å²) in [4.78, 5) is 10.7. The molecule has 0 spiro atoms. The molecule has 6 nitrogen and oxygen atoms in total. The Labute approximate surface area is 119 Å². The Balaban J connectivity index is 2.72. The Hall–Kier alpha value is -1.44. The Morgan fingerprint density at radius 2 is 1.95 bits per heavy atom. The van der Waals surface area contributed by atoms with Gasteiger partial charge < -0.3 is 5.11 Å². The standard InChI is InChI=1S/C13H20N2O4S/c1-2-14-20(18,19)15-12(8-9-13(16)17)10-11-6-4-3-5-7-11/h3-7,12,14-15H,2,8-10H2,1H3,(H,16,17). The molecule has 0 saturated carbocycles. The van der Waals surface area contributed by atoms with Crippen molar-refractivity contribution in [1.29, 1.82) is 0 Å². The van der Waals surface area contributed by atoms with Crippen LogP contribution in [0.4, 0.5) is 0 Å². The maximum atomic E-state index is 11.7. The van der Waals surface area contributed by atoms with Crippen LogP contribution in [-0.2, 0) is 21.4 Å². The molecule has 7 heteroatoms. The van der Waals surface area contributed by atoms with Crippen LogP contribution in [0.5, 0.6) is 0 Å². The second-order valence-corrected chi connectivity index (χ2v) is 5.97. The molecule has 0 aromatic heterocycles. The molecule has 1 aromatic carbocycles. The fourth-order valence-corrected chi connectivity index (χ4v) is 2.95. The van der Waals surface area contributed by atoms with Crippen molar-refractivity contribution in [2.24, 2.45) is 0 Å². The first-order chi connectivity index (χ1) is 9.43. The van der Waals surface area contributed by atoms with Crippen molar-refractivity contribution in [3.8, 4) is 0 Å². The molecule has 1 atom stereocenters. The lowest BCUT2D eigenvalue weighted by Crippen LogP contribution is -2.43. The fourth-order valence-electron chi connectivity index (χ4n) is 1.85. The number of hydrogen-bond acceptors (Lipinski definition) is 3. The van der Waals surface area contributed by atoms with Crippen LogP contribution in [0.2, 0.25) is 0 Å². The minimum atomic E-state index is -3.59. The number of aliphatic carboxylic acids is 1. The minimum absolute atomic E-state index is 0.0772. The van der Waals surface area contributed by atoms with Crippen LogP contribution in [0.3, 0.4) is 0 Å². The van der Waals surface area contributed by atoms with E-state index in [4.69, 9.17) is 5.11 Å². The van der Waals surface area contributed by atoms with Crippen LogP contribution in [-0.4, -0.2) is 32.1 Å². The third kappa shape index (κ3) is 6.65. The van der Waals surface area contributed by atoms with Crippen LogP contribution >= 0.6 is 0 Å². The van der Waals surface area contributed by atoms with Crippen molar-refractivity contribution in [3.63, 3.8) is 0 Å². The van der Waals surface area contributed by atoms with Gasteiger partial charge in [-0.1, -0.05) is 37.3 Å². The average Bonchev–Trinajstić information content (AvgIpc) is 2.36. The molecule has 0 aliphatic rings. The monoisotopic (exact) mass is 300 g/mol. The summed E-state index contributed by atoms with van der Waals surface area (Å²) in [5.74, 6) is -0.939. The molecule has 1 unspecified atom stereocenters. The highest BCUT2D eigenvalue weighted by molar-refractivity contribution is 7.87. The number of carboxylic acids is 1. The predicted octanol–water partition coefficient (Wildman–Crippen LogP) is 0.906. The molecule has 1 rings (SSSR count). The molecule has 112 valence electrons. The highest BCUT2D eigenvalue weighted by Crippen LogP contribution is 2.08. The van der Waals surface area contributed by atoms with Gasteiger partial charge in [0.25, 0.3) is 10.2 Å². The number of hydrogen-bond donors (Lipinski definition) is 3. The number of nitrogens with one attached hydrogen (secondary N) is 2. The normalized spacial score (nSPS) is 13.1. The van der Waals surface area contributed by atoms with Crippen LogP contribution in [0.1, 0.15) is 25.3 Å². The zero-order valence-electron chi connectivity index (χ0n) is 11.4. The lowest BCUT2D eigenvalue weighted by molar-refractivity contribution is -0.137. The van der Waals surface area contributed by atoms with Gasteiger partial charge in [-0.2, -0.15) is 13.1 Å². The predicted molar refractivity (Wildman–Crippen MR) is 76.5 cm³/mol. The van der Waals surface area contributed by atoms with E-state index in [0.29, 0.717) is 6.42 Å². The van der Waals surface area contributed by atoms with Gasteiger partial charge in [-0.25, -0.2) is 4.72 Å². The van der Waals surface area contributed by atoms with Gasteiger partial charge in [0.2, 0.25) is 0 Å². The van der Waals surface area contributed by atoms with E-state index in [9.17, 15) is 13.2 Å². The van der Waals surface area contributed by atoms with E-state index in [1.165, 1.54) is 0 Å². The zero-order chi connectivity index (χ0) is 15.0. The molecule has 0 aliphatic heterocycles. The summed E-state index contributed by atoms with van der Waals surface area (Å²) in [5, 5.41) is 8.74. The molecular weight excluding hydrogens is 280 g/mol. The molecule has 0 radical (unpaired) electrons. The maximum Gasteiger partial charge on any atom is 0.303 e. The van der Waals surface area contributed by atoms with Gasteiger partial charge in [0.1, 0.15) is 0 Å². The molecule has 0 amide bonds. The van der Waals surface area contributed by atoms with Crippen molar-refractivity contribution in [2.45, 2.75) is 32.2 Å². The molecule has 0 saturated heterocycles. The summed E-state index contributed by atoms with van der Waals surface area (Å²) >= 11 is 0. The quantitative estimate of drug-likeness (QED) is 0.631. The highest BCUT2D eigenvalue weighted by Gasteiger charge is 2.18. The van der Waals surface area contributed by atoms with Crippen molar-refractivity contribution in [2.75, 3.05) is 6.54 Å². The first-order valence-corrected chi connectivity index (χ1v) is 7.94. The molecular formula is C13H20N2O4S. The van der Waals surface area contributed by atoms with Gasteiger partial charge in [-0.15, -0.1) is 0 Å². The largest absolute Gasteiger partial charge is 0.481 e. The maximum absolute atomic E-state index is 11.7. The summed E-state index contributed by atoms with van der Waals surface area (Å²) in [6, 6.07) is 8.92. The van der Waals surface area contributed by atoms with Gasteiger partial charge in [-0.05, 0) is 18.4 Å². The lowest BCUT2D eigenvalue weighted by Gasteiger charge is -2.18. The van der Waals surface area contributed by atoms with Gasteiger partial charge in [-0.3, -0.25) is 4.79 Å². The first kappa shape index (κ1) is 16.6. The Bertz CT molecular complexity index is 516. The van der Waals surface area contributed by atoms with Crippen molar-refractivity contribution in [3.05, 3.63) is 35.9 Å². The summed E-state index contributed by atoms with van der Waals surface area (Å²) in [7, 11) is -3.59. The Morgan fingerprint density at radius 3 is 2.50 bits per heavy atom. The Kier molecular flexibility index (Phi) is 6.63. The third-order valence-corrected chi connectivity index (χ3v) is 4.00. The summed E-state index contributed by atoms with van der Waals surface area (Å²) < 4.78 is 28.2. The fraction of sp³-hybridized carbons (Fsp3) is 0.462. The molecule has 0 bridgehead atoms. The molecule has 0 fully saturated rings. The minimum Gasteiger partial charge on any atom is -0.481 e. The van der Waals surface area contributed by atoms with Gasteiger partial charge in [0.05, 0.1) is 0 Å². The summed E-state index contributed by atoms with van der Waals surface area (Å²) in [6.45, 7) is 1.97. The van der Waals surface area contributed by atoms with E-state index < -0.39 is 22.2 Å². The van der Waals surface area contributed by atoms with Crippen molar-refractivity contribution in [1.82, 2.24) is 9.44 Å².